The van der Waals surface area contributed by atoms with E-state index in [1.165, 1.54) is 7.05 Å². The first kappa shape index (κ1) is 12.8. The summed E-state index contributed by atoms with van der Waals surface area (Å²) in [6.45, 7) is 0. The quantitative estimate of drug-likeness (QED) is 0.848. The first-order valence-corrected chi connectivity index (χ1v) is 6.21. The predicted octanol–water partition coefficient (Wildman–Crippen LogP) is 1.92. The number of aromatic nitrogens is 1. The summed E-state index contributed by atoms with van der Waals surface area (Å²) in [7, 11) is 1.45. The summed E-state index contributed by atoms with van der Waals surface area (Å²) in [5.41, 5.74) is 1.69. The fourth-order valence-electron chi connectivity index (χ4n) is 2.15. The lowest BCUT2D eigenvalue weighted by Crippen LogP contribution is -2.24. The maximum atomic E-state index is 11.9. The molecule has 1 aromatic heterocycles. The first-order valence-electron chi connectivity index (χ1n) is 6.21. The molecule has 2 amide bonds. The molecule has 21 heavy (non-hydrogen) atoms. The molecule has 0 bridgehead atoms. The Balaban J connectivity index is 1.94. The van der Waals surface area contributed by atoms with E-state index in [-0.39, 0.29) is 11.8 Å². The van der Waals surface area contributed by atoms with Crippen LogP contribution in [0.25, 0.3) is 0 Å². The number of nitriles is 1. The van der Waals surface area contributed by atoms with Crippen LogP contribution in [-0.4, -0.2) is 28.7 Å². The number of hydrogen-bond acceptors (Lipinski definition) is 5. The topological polar surface area (TPSA) is 86.1 Å². The van der Waals surface area contributed by atoms with Crippen LogP contribution in [0.2, 0.25) is 0 Å². The number of nitrogens with one attached hydrogen (secondary N) is 1. The summed E-state index contributed by atoms with van der Waals surface area (Å²) in [6, 6.07) is 11.9. The molecule has 0 unspecified atom stereocenters. The zero-order valence-electron chi connectivity index (χ0n) is 11.1. The smallest absolute Gasteiger partial charge is 0.261 e. The van der Waals surface area contributed by atoms with Crippen molar-refractivity contribution in [3.8, 4) is 6.07 Å². The van der Waals surface area contributed by atoms with Gasteiger partial charge in [-0.1, -0.05) is 6.07 Å². The van der Waals surface area contributed by atoms with Crippen molar-refractivity contribution in [2.24, 2.45) is 0 Å². The molecule has 102 valence electrons. The molecule has 1 aromatic carbocycles. The number of nitrogens with zero attached hydrogens (tertiary/aromatic N) is 3. The maximum Gasteiger partial charge on any atom is 0.261 e. The molecule has 0 radical (unpaired) electrons. The molecule has 0 saturated carbocycles. The van der Waals surface area contributed by atoms with E-state index in [4.69, 9.17) is 5.26 Å². The van der Waals surface area contributed by atoms with E-state index in [1.54, 1.807) is 36.4 Å². The van der Waals surface area contributed by atoms with Crippen LogP contribution in [0.4, 0.5) is 11.5 Å². The van der Waals surface area contributed by atoms with Crippen LogP contribution in [0.1, 0.15) is 26.4 Å². The number of fused-ring (bicyclic) bond motifs is 1. The molecule has 0 atom stereocenters. The molecule has 1 aliphatic heterocycles. The lowest BCUT2D eigenvalue weighted by Gasteiger charge is -2.06. The molecule has 0 saturated heterocycles. The molecule has 3 rings (SSSR count). The summed E-state index contributed by atoms with van der Waals surface area (Å²) >= 11 is 0. The average molecular weight is 278 g/mol. The van der Waals surface area contributed by atoms with Gasteiger partial charge in [-0.15, -0.1) is 0 Å². The molecule has 6 nitrogen and oxygen atoms in total. The molecule has 1 N–H and O–H groups in total. The zero-order chi connectivity index (χ0) is 15.0. The zero-order valence-corrected chi connectivity index (χ0v) is 11.1. The molecule has 6 heteroatoms. The van der Waals surface area contributed by atoms with Gasteiger partial charge in [0.25, 0.3) is 11.8 Å². The van der Waals surface area contributed by atoms with Crippen LogP contribution in [-0.2, 0) is 0 Å². The SMILES string of the molecule is CN1C(=O)c2ccc(Nc3cccc(C#N)n3)cc2C1=O. The van der Waals surface area contributed by atoms with Crippen LogP contribution < -0.4 is 5.32 Å². The average Bonchev–Trinajstić information content (AvgIpc) is 2.72. The Labute approximate surface area is 120 Å². The number of rotatable bonds is 2. The van der Waals surface area contributed by atoms with Gasteiger partial charge in [0.2, 0.25) is 0 Å². The highest BCUT2D eigenvalue weighted by molar-refractivity contribution is 6.21. The van der Waals surface area contributed by atoms with Gasteiger partial charge in [-0.3, -0.25) is 14.5 Å². The third-order valence-corrected chi connectivity index (χ3v) is 3.23. The minimum absolute atomic E-state index is 0.298. The Morgan fingerprint density at radius 2 is 1.90 bits per heavy atom. The van der Waals surface area contributed by atoms with E-state index in [2.05, 4.69) is 10.3 Å². The Bertz CT molecular complexity index is 808. The summed E-state index contributed by atoms with van der Waals surface area (Å²) in [4.78, 5) is 28.9. The van der Waals surface area contributed by atoms with E-state index in [0.717, 1.165) is 4.90 Å². The molecule has 2 aromatic rings. The van der Waals surface area contributed by atoms with Gasteiger partial charge < -0.3 is 5.32 Å². The van der Waals surface area contributed by atoms with E-state index >= 15 is 0 Å². The highest BCUT2D eigenvalue weighted by Gasteiger charge is 2.32. The van der Waals surface area contributed by atoms with E-state index in [0.29, 0.717) is 28.3 Å². The normalized spacial score (nSPS) is 13.0. The second-order valence-electron chi connectivity index (χ2n) is 4.57. The van der Waals surface area contributed by atoms with E-state index < -0.39 is 0 Å². The monoisotopic (exact) mass is 278 g/mol. The third-order valence-electron chi connectivity index (χ3n) is 3.23. The lowest BCUT2D eigenvalue weighted by molar-refractivity contribution is 0.0693. The molecule has 0 spiro atoms. The Kier molecular flexibility index (Phi) is 2.88. The third kappa shape index (κ3) is 2.11. The van der Waals surface area contributed by atoms with Crippen molar-refractivity contribution in [3.05, 3.63) is 53.2 Å². The number of anilines is 2. The van der Waals surface area contributed by atoms with Crippen molar-refractivity contribution in [1.29, 1.82) is 5.26 Å². The van der Waals surface area contributed by atoms with Gasteiger partial charge in [0.05, 0.1) is 11.1 Å². The van der Waals surface area contributed by atoms with Gasteiger partial charge >= 0.3 is 0 Å². The second-order valence-corrected chi connectivity index (χ2v) is 4.57. The highest BCUT2D eigenvalue weighted by atomic mass is 16.2. The van der Waals surface area contributed by atoms with Crippen molar-refractivity contribution in [2.45, 2.75) is 0 Å². The number of hydrogen-bond donors (Lipinski definition) is 1. The van der Waals surface area contributed by atoms with Crippen molar-refractivity contribution >= 4 is 23.3 Å². The second kappa shape index (κ2) is 4.72. The number of pyridine rings is 1. The summed E-state index contributed by atoms with van der Waals surface area (Å²) in [6.07, 6.45) is 0. The minimum Gasteiger partial charge on any atom is -0.340 e. The van der Waals surface area contributed by atoms with Crippen molar-refractivity contribution < 1.29 is 9.59 Å². The number of benzene rings is 1. The van der Waals surface area contributed by atoms with E-state index in [1.807, 2.05) is 6.07 Å². The van der Waals surface area contributed by atoms with Gasteiger partial charge in [-0.05, 0) is 30.3 Å². The molecule has 0 aliphatic carbocycles. The van der Waals surface area contributed by atoms with Gasteiger partial charge in [-0.25, -0.2) is 4.98 Å². The molecule has 1 aliphatic rings. The lowest BCUT2D eigenvalue weighted by atomic mass is 10.1. The summed E-state index contributed by atoms with van der Waals surface area (Å²) in [5, 5.41) is 11.8. The maximum absolute atomic E-state index is 11.9. The largest absolute Gasteiger partial charge is 0.340 e. The van der Waals surface area contributed by atoms with E-state index in [9.17, 15) is 9.59 Å². The van der Waals surface area contributed by atoms with Crippen molar-refractivity contribution in [3.63, 3.8) is 0 Å². The summed E-state index contributed by atoms with van der Waals surface area (Å²) < 4.78 is 0. The van der Waals surface area contributed by atoms with Gasteiger partial charge in [0.1, 0.15) is 17.6 Å². The fourth-order valence-corrected chi connectivity index (χ4v) is 2.15. The number of carbonyl (C=O) groups is 2. The fraction of sp³-hybridized carbons (Fsp3) is 0.0667. The Morgan fingerprint density at radius 1 is 1.14 bits per heavy atom. The van der Waals surface area contributed by atoms with Crippen LogP contribution in [0.3, 0.4) is 0 Å². The molecule has 0 fully saturated rings. The van der Waals surface area contributed by atoms with Crippen LogP contribution in [0, 0.1) is 11.3 Å². The van der Waals surface area contributed by atoms with Crippen LogP contribution in [0.15, 0.2) is 36.4 Å². The Morgan fingerprint density at radius 3 is 2.67 bits per heavy atom. The standard InChI is InChI=1S/C15H10N4O2/c1-19-14(20)11-6-5-9(7-12(11)15(19)21)17-13-4-2-3-10(8-16)18-13/h2-7H,1H3,(H,17,18). The summed E-state index contributed by atoms with van der Waals surface area (Å²) in [5.74, 6) is -0.123. The van der Waals surface area contributed by atoms with Gasteiger partial charge in [0, 0.05) is 12.7 Å². The van der Waals surface area contributed by atoms with Gasteiger partial charge in [-0.2, -0.15) is 5.26 Å². The number of amides is 2. The molecule has 2 heterocycles. The first-order chi connectivity index (χ1) is 10.1. The Hall–Kier alpha value is -3.20. The van der Waals surface area contributed by atoms with Crippen LogP contribution >= 0.6 is 0 Å². The predicted molar refractivity (Wildman–Crippen MR) is 75.1 cm³/mol. The molecular formula is C15H10N4O2. The van der Waals surface area contributed by atoms with Crippen molar-refractivity contribution in [1.82, 2.24) is 9.88 Å². The molecular weight excluding hydrogens is 268 g/mol. The minimum atomic E-state index is -0.322. The number of carbonyl (C=O) groups excluding carboxylic acids is 2. The van der Waals surface area contributed by atoms with Crippen molar-refractivity contribution in [2.75, 3.05) is 12.4 Å². The number of imide groups is 1. The van der Waals surface area contributed by atoms with Gasteiger partial charge in [0.15, 0.2) is 0 Å². The highest BCUT2D eigenvalue weighted by Crippen LogP contribution is 2.26. The van der Waals surface area contributed by atoms with Crippen LogP contribution in [0.5, 0.6) is 0 Å².